The number of amides is 2. The van der Waals surface area contributed by atoms with E-state index in [0.717, 1.165) is 23.4 Å². The van der Waals surface area contributed by atoms with Crippen molar-refractivity contribution in [3.8, 4) is 11.3 Å². The van der Waals surface area contributed by atoms with Gasteiger partial charge in [-0.05, 0) is 61.3 Å². The molecule has 2 saturated carbocycles. The first-order chi connectivity index (χ1) is 15.5. The summed E-state index contributed by atoms with van der Waals surface area (Å²) in [5, 5.41) is 5.22. The lowest BCUT2D eigenvalue weighted by Gasteiger charge is -2.18. The van der Waals surface area contributed by atoms with Gasteiger partial charge in [-0.25, -0.2) is 4.79 Å². The topological polar surface area (TPSA) is 89.2 Å². The van der Waals surface area contributed by atoms with Crippen molar-refractivity contribution in [1.82, 2.24) is 5.01 Å². The monoisotopic (exact) mass is 430 g/mol. The van der Waals surface area contributed by atoms with Crippen LogP contribution in [0.4, 0.5) is 0 Å². The summed E-state index contributed by atoms with van der Waals surface area (Å²) in [5.41, 5.74) is 1.33. The third kappa shape index (κ3) is 2.60. The summed E-state index contributed by atoms with van der Waals surface area (Å²) in [7, 11) is 0. The average molecular weight is 430 g/mol. The van der Waals surface area contributed by atoms with Crippen molar-refractivity contribution in [3.05, 3.63) is 59.9 Å². The number of carbonyl (C=O) groups is 3. The van der Waals surface area contributed by atoms with E-state index in [0.29, 0.717) is 23.7 Å². The number of benzene rings is 1. The predicted molar refractivity (Wildman–Crippen MR) is 114 cm³/mol. The van der Waals surface area contributed by atoms with E-state index >= 15 is 0 Å². The van der Waals surface area contributed by atoms with E-state index in [4.69, 9.17) is 9.15 Å². The fourth-order valence-corrected chi connectivity index (χ4v) is 5.88. The van der Waals surface area contributed by atoms with E-state index in [1.807, 2.05) is 6.07 Å². The van der Waals surface area contributed by atoms with Crippen LogP contribution in [-0.2, 0) is 14.3 Å². The molecule has 1 aromatic carbocycles. The molecule has 0 unspecified atom stereocenters. The number of hydrazone groups is 1. The minimum atomic E-state index is -0.393. The molecule has 2 heterocycles. The maximum Gasteiger partial charge on any atom is 0.338 e. The van der Waals surface area contributed by atoms with Crippen LogP contribution in [0, 0.1) is 29.1 Å². The van der Waals surface area contributed by atoms with Gasteiger partial charge in [-0.2, -0.15) is 10.1 Å². The van der Waals surface area contributed by atoms with Crippen molar-refractivity contribution < 1.29 is 23.5 Å². The predicted octanol–water partition coefficient (Wildman–Crippen LogP) is 3.65. The van der Waals surface area contributed by atoms with Gasteiger partial charge in [-0.1, -0.05) is 24.3 Å². The highest BCUT2D eigenvalue weighted by atomic mass is 16.5. The molecule has 1 aromatic heterocycles. The van der Waals surface area contributed by atoms with Gasteiger partial charge in [0.1, 0.15) is 11.5 Å². The lowest BCUT2D eigenvalue weighted by molar-refractivity contribution is -0.141. The summed E-state index contributed by atoms with van der Waals surface area (Å²) >= 11 is 0. The molecule has 7 heteroatoms. The zero-order chi connectivity index (χ0) is 22.0. The Balaban J connectivity index is 1.20. The Kier molecular flexibility index (Phi) is 4.06. The summed E-state index contributed by atoms with van der Waals surface area (Å²) in [6.45, 7) is 2.06. The number of nitrogens with zero attached hydrogens (tertiary/aromatic N) is 2. The number of esters is 1. The van der Waals surface area contributed by atoms with E-state index in [-0.39, 0.29) is 40.9 Å². The highest BCUT2D eigenvalue weighted by molar-refractivity contribution is 6.07. The molecule has 3 aliphatic carbocycles. The van der Waals surface area contributed by atoms with Crippen molar-refractivity contribution in [2.24, 2.45) is 34.2 Å². The quantitative estimate of drug-likeness (QED) is 0.313. The molecule has 0 N–H and O–H groups in total. The standard InChI is InChI=1S/C25H22N2O5/c1-2-31-24(30)15-5-3-4-14(12-15)19-9-6-16(32-19)13-26-27-22(28)20-17-7-8-18(21(20)23(27)29)25(17)10-11-25/h3-9,12-13,17-18,20-21H,2,10-11H2,1H3/b26-13-/t17-,18-,20-,21+/m1/s1. The Hall–Kier alpha value is -3.48. The number of carbonyl (C=O) groups excluding carboxylic acids is 3. The number of imide groups is 1. The molecule has 6 rings (SSSR count). The number of allylic oxidation sites excluding steroid dienone is 2. The third-order valence-corrected chi connectivity index (χ3v) is 7.41. The van der Waals surface area contributed by atoms with Gasteiger partial charge in [-0.3, -0.25) is 9.59 Å². The summed E-state index contributed by atoms with van der Waals surface area (Å²) in [6, 6.07) is 10.4. The van der Waals surface area contributed by atoms with Crippen molar-refractivity contribution in [2.45, 2.75) is 19.8 Å². The number of ether oxygens (including phenoxy) is 1. The normalized spacial score (nSPS) is 28.8. The largest absolute Gasteiger partial charge is 0.462 e. The van der Waals surface area contributed by atoms with E-state index in [1.165, 1.54) is 6.21 Å². The Bertz CT molecular complexity index is 1170. The Morgan fingerprint density at radius 2 is 1.88 bits per heavy atom. The SMILES string of the molecule is CCOC(=O)c1cccc(-c2ccc(/C=N\N3C(=O)[C@@H]4[C@H](C3=O)[C@H]3C=C[C@H]4C34CC4)o2)c1. The Morgan fingerprint density at radius 1 is 1.16 bits per heavy atom. The Labute approximate surface area is 184 Å². The smallest absolute Gasteiger partial charge is 0.338 e. The van der Waals surface area contributed by atoms with Gasteiger partial charge >= 0.3 is 5.97 Å². The fraction of sp³-hybridized carbons (Fsp3) is 0.360. The number of rotatable bonds is 5. The molecule has 32 heavy (non-hydrogen) atoms. The molecule has 1 spiro atoms. The van der Waals surface area contributed by atoms with Crippen LogP contribution in [0.2, 0.25) is 0 Å². The van der Waals surface area contributed by atoms with Crippen LogP contribution in [0.3, 0.4) is 0 Å². The summed E-state index contributed by atoms with van der Waals surface area (Å²) < 4.78 is 10.9. The maximum absolute atomic E-state index is 13.0. The van der Waals surface area contributed by atoms with E-state index in [1.54, 1.807) is 37.3 Å². The zero-order valence-corrected chi connectivity index (χ0v) is 17.6. The van der Waals surface area contributed by atoms with E-state index in [9.17, 15) is 14.4 Å². The first-order valence-corrected chi connectivity index (χ1v) is 11.0. The molecular weight excluding hydrogens is 408 g/mol. The molecule has 2 amide bonds. The molecule has 0 radical (unpaired) electrons. The van der Waals surface area contributed by atoms with Crippen molar-refractivity contribution in [2.75, 3.05) is 6.61 Å². The molecule has 1 aliphatic heterocycles. The lowest BCUT2D eigenvalue weighted by atomic mass is 9.85. The van der Waals surface area contributed by atoms with Crippen LogP contribution in [0.15, 0.2) is 58.1 Å². The second-order valence-electron chi connectivity index (χ2n) is 8.96. The van der Waals surface area contributed by atoms with E-state index < -0.39 is 5.97 Å². The van der Waals surface area contributed by atoms with Gasteiger partial charge < -0.3 is 9.15 Å². The molecule has 4 aliphatic rings. The first kappa shape index (κ1) is 19.2. The summed E-state index contributed by atoms with van der Waals surface area (Å²) in [5.74, 6) is -0.0142. The molecule has 162 valence electrons. The molecule has 7 nitrogen and oxygen atoms in total. The average Bonchev–Trinajstić information content (AvgIpc) is 3.08. The van der Waals surface area contributed by atoms with E-state index in [2.05, 4.69) is 17.3 Å². The summed E-state index contributed by atoms with van der Waals surface area (Å²) in [6.07, 6.45) is 7.90. The number of hydrogen-bond acceptors (Lipinski definition) is 6. The highest BCUT2D eigenvalue weighted by Gasteiger charge is 2.73. The fourth-order valence-electron chi connectivity index (χ4n) is 5.88. The van der Waals surface area contributed by atoms with Crippen molar-refractivity contribution in [1.29, 1.82) is 0 Å². The molecule has 2 aromatic rings. The molecule has 3 fully saturated rings. The second-order valence-corrected chi connectivity index (χ2v) is 8.96. The minimum absolute atomic E-state index is 0.171. The lowest BCUT2D eigenvalue weighted by Crippen LogP contribution is -2.30. The van der Waals surface area contributed by atoms with Gasteiger partial charge in [-0.15, -0.1) is 0 Å². The summed E-state index contributed by atoms with van der Waals surface area (Å²) in [4.78, 5) is 38.0. The number of furan rings is 1. The second kappa shape index (κ2) is 6.76. The molecule has 1 saturated heterocycles. The van der Waals surface area contributed by atoms with Crippen molar-refractivity contribution in [3.63, 3.8) is 0 Å². The first-order valence-electron chi connectivity index (χ1n) is 11.0. The van der Waals surface area contributed by atoms with Crippen LogP contribution >= 0.6 is 0 Å². The molecule has 2 bridgehead atoms. The van der Waals surface area contributed by atoms with Crippen LogP contribution in [0.5, 0.6) is 0 Å². The molecule has 4 atom stereocenters. The highest BCUT2D eigenvalue weighted by Crippen LogP contribution is 2.73. The van der Waals surface area contributed by atoms with Crippen molar-refractivity contribution >= 4 is 24.0 Å². The van der Waals surface area contributed by atoms with Gasteiger partial charge in [0.15, 0.2) is 0 Å². The third-order valence-electron chi connectivity index (χ3n) is 7.41. The van der Waals surface area contributed by atoms with Crippen LogP contribution < -0.4 is 0 Å². The van der Waals surface area contributed by atoms with Gasteiger partial charge in [0.2, 0.25) is 0 Å². The minimum Gasteiger partial charge on any atom is -0.462 e. The van der Waals surface area contributed by atoms with Gasteiger partial charge in [0.25, 0.3) is 11.8 Å². The van der Waals surface area contributed by atoms with Crippen LogP contribution in [-0.4, -0.2) is 35.6 Å². The molecular formula is C25H22N2O5. The van der Waals surface area contributed by atoms with Gasteiger partial charge in [0.05, 0.1) is 30.2 Å². The maximum atomic E-state index is 13.0. The zero-order valence-electron chi connectivity index (χ0n) is 17.6. The number of fused-ring (bicyclic) bond motifs is 3. The van der Waals surface area contributed by atoms with Gasteiger partial charge in [0, 0.05) is 5.56 Å². The number of hydrogen-bond donors (Lipinski definition) is 0. The van der Waals surface area contributed by atoms with Crippen LogP contribution in [0.1, 0.15) is 35.9 Å². The Morgan fingerprint density at radius 3 is 2.53 bits per heavy atom. The van der Waals surface area contributed by atoms with Crippen LogP contribution in [0.25, 0.3) is 11.3 Å².